The number of amides is 4. The van der Waals surface area contributed by atoms with Gasteiger partial charge in [0.1, 0.15) is 11.6 Å². The SMILES string of the molecule is COC(=O)c1ccc2c(n1)N(C(=O)Nc1cc(=O)n(C)cn1)[C@H]1CCN2C1.Cn1cnc(NC(=O)N2c3nc(C(=O)O)ccc3N3CC[C@H]2C3)cc1=O. The third kappa shape index (κ3) is 6.56. The van der Waals surface area contributed by atoms with Crippen LogP contribution in [0.25, 0.3) is 0 Å². The number of pyridine rings is 2. The third-order valence-electron chi connectivity index (χ3n) is 9.38. The average Bonchev–Trinajstić information content (AvgIpc) is 3.76. The first-order chi connectivity index (χ1) is 25.4. The molecule has 8 heterocycles. The molecule has 4 aliphatic rings. The van der Waals surface area contributed by atoms with Crippen molar-refractivity contribution in [3.8, 4) is 0 Å². The minimum absolute atomic E-state index is 0.0792. The summed E-state index contributed by atoms with van der Waals surface area (Å²) in [7, 11) is 4.42. The van der Waals surface area contributed by atoms with Crippen molar-refractivity contribution < 1.29 is 29.0 Å². The molecule has 4 aliphatic heterocycles. The maximum atomic E-state index is 13.0. The third-order valence-corrected chi connectivity index (χ3v) is 9.38. The molecule has 0 aliphatic carbocycles. The molecule has 4 bridgehead atoms. The summed E-state index contributed by atoms with van der Waals surface area (Å²) in [6.45, 7) is 2.90. The Morgan fingerprint density at radius 1 is 0.736 bits per heavy atom. The topological polar surface area (TPSA) is 230 Å². The molecule has 4 aromatic heterocycles. The molecule has 274 valence electrons. The van der Waals surface area contributed by atoms with Gasteiger partial charge in [0.05, 0.1) is 43.2 Å². The van der Waals surface area contributed by atoms with Gasteiger partial charge in [-0.05, 0) is 37.1 Å². The predicted octanol–water partition coefficient (Wildman–Crippen LogP) is 1.10. The Morgan fingerprint density at radius 3 is 1.62 bits per heavy atom. The van der Waals surface area contributed by atoms with Crippen LogP contribution in [-0.4, -0.2) is 104 Å². The van der Waals surface area contributed by atoms with Gasteiger partial charge in [-0.3, -0.25) is 30.0 Å². The average molecular weight is 727 g/mol. The number of urea groups is 2. The summed E-state index contributed by atoms with van der Waals surface area (Å²) in [6, 6.07) is 7.80. The zero-order valence-corrected chi connectivity index (χ0v) is 28.8. The highest BCUT2D eigenvalue weighted by Crippen LogP contribution is 2.40. The number of methoxy groups -OCH3 is 1. The van der Waals surface area contributed by atoms with Crippen molar-refractivity contribution in [2.75, 3.05) is 63.5 Å². The number of aromatic carboxylic acids is 1. The van der Waals surface area contributed by atoms with Gasteiger partial charge < -0.3 is 28.8 Å². The maximum absolute atomic E-state index is 13.0. The zero-order valence-electron chi connectivity index (χ0n) is 28.8. The maximum Gasteiger partial charge on any atom is 0.356 e. The smallest absolute Gasteiger partial charge is 0.356 e. The summed E-state index contributed by atoms with van der Waals surface area (Å²) >= 11 is 0. The van der Waals surface area contributed by atoms with Gasteiger partial charge >= 0.3 is 24.0 Å². The number of ether oxygens (including phenoxy) is 1. The fourth-order valence-electron chi connectivity index (χ4n) is 6.68. The quantitative estimate of drug-likeness (QED) is 0.250. The molecule has 20 nitrogen and oxygen atoms in total. The van der Waals surface area contributed by atoms with Crippen LogP contribution in [-0.2, 0) is 18.8 Å². The minimum Gasteiger partial charge on any atom is -0.477 e. The molecule has 0 aromatic carbocycles. The molecule has 0 radical (unpaired) electrons. The van der Waals surface area contributed by atoms with E-state index in [9.17, 15) is 33.9 Å². The molecule has 0 spiro atoms. The highest BCUT2D eigenvalue weighted by Gasteiger charge is 2.42. The number of aryl methyl sites for hydroxylation is 2. The Morgan fingerprint density at radius 2 is 1.19 bits per heavy atom. The minimum atomic E-state index is -1.16. The van der Waals surface area contributed by atoms with E-state index in [2.05, 4.69) is 40.4 Å². The lowest BCUT2D eigenvalue weighted by molar-refractivity contribution is 0.0593. The summed E-state index contributed by atoms with van der Waals surface area (Å²) in [5, 5.41) is 14.5. The summed E-state index contributed by atoms with van der Waals surface area (Å²) in [4.78, 5) is 96.2. The second kappa shape index (κ2) is 13.7. The van der Waals surface area contributed by atoms with E-state index in [0.717, 1.165) is 37.3 Å². The highest BCUT2D eigenvalue weighted by molar-refractivity contribution is 6.05. The second-order valence-corrected chi connectivity index (χ2v) is 12.7. The molecule has 4 aromatic rings. The molecule has 4 amide bonds. The first-order valence-electron chi connectivity index (χ1n) is 16.5. The summed E-state index contributed by atoms with van der Waals surface area (Å²) in [5.41, 5.74) is 0.920. The van der Waals surface area contributed by atoms with Crippen LogP contribution in [0.15, 0.2) is 58.6 Å². The molecular formula is C33H34N12O8. The summed E-state index contributed by atoms with van der Waals surface area (Å²) < 4.78 is 7.33. The van der Waals surface area contributed by atoms with Gasteiger partial charge in [-0.1, -0.05) is 0 Å². The molecule has 3 N–H and O–H groups in total. The fourth-order valence-corrected chi connectivity index (χ4v) is 6.68. The molecule has 20 heteroatoms. The number of carboxylic acids is 1. The summed E-state index contributed by atoms with van der Waals surface area (Å²) in [5.74, 6) is -0.731. The highest BCUT2D eigenvalue weighted by atomic mass is 16.5. The lowest BCUT2D eigenvalue weighted by atomic mass is 10.2. The lowest BCUT2D eigenvalue weighted by Crippen LogP contribution is -2.48. The van der Waals surface area contributed by atoms with E-state index in [0.29, 0.717) is 24.7 Å². The first-order valence-corrected chi connectivity index (χ1v) is 16.5. The number of carbonyl (C=O) groups is 4. The first kappa shape index (κ1) is 34.6. The van der Waals surface area contributed by atoms with E-state index in [-0.39, 0.29) is 46.2 Å². The number of anilines is 6. The van der Waals surface area contributed by atoms with Gasteiger partial charge in [-0.15, -0.1) is 0 Å². The fraction of sp³-hybridized carbons (Fsp3) is 0.333. The standard InChI is InChI=1S/C17H18N6O4.C16H16N6O4/c1-21-9-18-13(7-14(21)24)20-17(26)23-10-5-6-22(8-10)12-4-3-11(16(25)27-2)19-15(12)23;1-20-8-17-12(6-13(20)23)19-16(26)22-9-4-5-21(7-9)11-3-2-10(15(24)25)18-14(11)22/h3-4,7,9-10H,5-6,8H2,1-2H3,(H,20,26);2-3,6,8-9H,4-5,7H2,1H3,(H,19,26)(H,24,25)/t10-;9-/m00/s1. The number of hydrogen-bond acceptors (Lipinski definition) is 13. The number of hydrogen-bond donors (Lipinski definition) is 3. The number of aromatic nitrogens is 6. The number of carbonyl (C=O) groups excluding carboxylic acids is 3. The van der Waals surface area contributed by atoms with Crippen LogP contribution in [0, 0.1) is 0 Å². The normalized spacial score (nSPS) is 17.6. The molecule has 0 unspecified atom stereocenters. The number of carboxylic acid groups (broad SMARTS) is 1. The van der Waals surface area contributed by atoms with Crippen LogP contribution in [0.5, 0.6) is 0 Å². The number of nitrogens with one attached hydrogen (secondary N) is 2. The van der Waals surface area contributed by atoms with E-state index in [1.165, 1.54) is 56.9 Å². The van der Waals surface area contributed by atoms with E-state index in [1.54, 1.807) is 32.3 Å². The van der Waals surface area contributed by atoms with Gasteiger partial charge in [-0.25, -0.2) is 39.1 Å². The Labute approximate surface area is 300 Å². The Balaban J connectivity index is 0.000000164. The van der Waals surface area contributed by atoms with Crippen LogP contribution in [0.3, 0.4) is 0 Å². The van der Waals surface area contributed by atoms with E-state index < -0.39 is 24.0 Å². The number of rotatable bonds is 4. The monoisotopic (exact) mass is 726 g/mol. The largest absolute Gasteiger partial charge is 0.477 e. The van der Waals surface area contributed by atoms with Gasteiger partial charge in [0.15, 0.2) is 23.0 Å². The zero-order chi connectivity index (χ0) is 37.6. The summed E-state index contributed by atoms with van der Waals surface area (Å²) in [6.07, 6.45) is 4.19. The lowest BCUT2D eigenvalue weighted by Gasteiger charge is -2.35. The Hall–Kier alpha value is -6.86. The molecular weight excluding hydrogens is 692 g/mol. The van der Waals surface area contributed by atoms with E-state index >= 15 is 0 Å². The van der Waals surface area contributed by atoms with Gasteiger partial charge in [0, 0.05) is 52.4 Å². The number of fused-ring (bicyclic) bond motifs is 8. The van der Waals surface area contributed by atoms with Crippen LogP contribution < -0.4 is 41.4 Å². The molecule has 53 heavy (non-hydrogen) atoms. The van der Waals surface area contributed by atoms with Crippen LogP contribution in [0.2, 0.25) is 0 Å². The van der Waals surface area contributed by atoms with Crippen molar-refractivity contribution >= 4 is 58.6 Å². The van der Waals surface area contributed by atoms with Crippen LogP contribution >= 0.6 is 0 Å². The molecule has 8 rings (SSSR count). The van der Waals surface area contributed by atoms with Crippen molar-refractivity contribution in [3.05, 3.63) is 81.1 Å². The van der Waals surface area contributed by atoms with Crippen molar-refractivity contribution in [2.24, 2.45) is 14.1 Å². The second-order valence-electron chi connectivity index (χ2n) is 12.7. The van der Waals surface area contributed by atoms with Crippen LogP contribution in [0.1, 0.15) is 33.8 Å². The Bertz CT molecular complexity index is 2280. The Kier molecular flexibility index (Phi) is 8.94. The van der Waals surface area contributed by atoms with E-state index in [4.69, 9.17) is 4.74 Å². The van der Waals surface area contributed by atoms with Gasteiger partial charge in [0.25, 0.3) is 11.1 Å². The number of nitrogens with zero attached hydrogens (tertiary/aromatic N) is 10. The molecule has 0 saturated carbocycles. The van der Waals surface area contributed by atoms with Crippen molar-refractivity contribution in [3.63, 3.8) is 0 Å². The predicted molar refractivity (Wildman–Crippen MR) is 190 cm³/mol. The van der Waals surface area contributed by atoms with Gasteiger partial charge in [0.2, 0.25) is 0 Å². The van der Waals surface area contributed by atoms with Gasteiger partial charge in [-0.2, -0.15) is 0 Å². The van der Waals surface area contributed by atoms with Crippen molar-refractivity contribution in [1.82, 2.24) is 29.1 Å². The van der Waals surface area contributed by atoms with Crippen LogP contribution in [0.4, 0.5) is 44.2 Å². The van der Waals surface area contributed by atoms with E-state index in [1.807, 2.05) is 0 Å². The van der Waals surface area contributed by atoms with Crippen molar-refractivity contribution in [1.29, 1.82) is 0 Å². The molecule has 2 saturated heterocycles. The number of esters is 1. The molecule has 2 fully saturated rings. The molecule has 2 atom stereocenters. The van der Waals surface area contributed by atoms with Crippen molar-refractivity contribution in [2.45, 2.75) is 24.9 Å².